The van der Waals surface area contributed by atoms with E-state index in [4.69, 9.17) is 27.9 Å². The average molecular weight is 548 g/mol. The summed E-state index contributed by atoms with van der Waals surface area (Å²) in [6.07, 6.45) is 1.62. The molecule has 3 aromatic rings. The molecule has 0 fully saturated rings. The van der Waals surface area contributed by atoms with Gasteiger partial charge in [0.25, 0.3) is 5.91 Å². The number of hydrogen-bond donors (Lipinski definition) is 0. The Morgan fingerprint density at radius 2 is 1.64 bits per heavy atom. The van der Waals surface area contributed by atoms with Crippen LogP contribution in [0.4, 0.5) is 0 Å². The topological polar surface area (TPSA) is 66.9 Å². The van der Waals surface area contributed by atoms with E-state index in [1.165, 1.54) is 16.4 Å². The number of benzene rings is 3. The second-order valence-electron chi connectivity index (χ2n) is 8.78. The van der Waals surface area contributed by atoms with Crippen LogP contribution in [0, 0.1) is 0 Å². The first kappa shape index (κ1) is 26.5. The minimum absolute atomic E-state index is 0.0329. The predicted molar refractivity (Wildman–Crippen MR) is 142 cm³/mol. The maximum Gasteiger partial charge on any atom is 0.257 e. The van der Waals surface area contributed by atoms with Gasteiger partial charge >= 0.3 is 0 Å². The molecule has 0 saturated carbocycles. The molecule has 0 unspecified atom stereocenters. The van der Waals surface area contributed by atoms with Gasteiger partial charge < -0.3 is 9.64 Å². The van der Waals surface area contributed by atoms with Crippen molar-refractivity contribution in [1.29, 1.82) is 0 Å². The molecular formula is C27H28Cl2N2O4S. The normalized spacial score (nSPS) is 18.0. The molecule has 6 nitrogen and oxygen atoms in total. The van der Waals surface area contributed by atoms with Crippen LogP contribution in [-0.2, 0) is 16.4 Å². The molecule has 9 heteroatoms. The Hall–Kier alpha value is -2.58. The molecule has 1 amide bonds. The van der Waals surface area contributed by atoms with E-state index in [9.17, 15) is 13.2 Å². The Labute approximate surface area is 222 Å². The van der Waals surface area contributed by atoms with Crippen LogP contribution >= 0.6 is 23.2 Å². The second kappa shape index (κ2) is 11.6. The summed E-state index contributed by atoms with van der Waals surface area (Å²) in [6.45, 7) is 0.790. The van der Waals surface area contributed by atoms with E-state index < -0.39 is 16.1 Å². The van der Waals surface area contributed by atoms with Crippen molar-refractivity contribution in [3.8, 4) is 5.75 Å². The number of ether oxygens (including phenoxy) is 1. The van der Waals surface area contributed by atoms with E-state index in [1.54, 1.807) is 42.3 Å². The van der Waals surface area contributed by atoms with E-state index in [0.717, 1.165) is 5.56 Å². The minimum atomic E-state index is -4.02. The number of rotatable bonds is 4. The van der Waals surface area contributed by atoms with Crippen LogP contribution in [0.1, 0.15) is 28.8 Å². The molecule has 0 bridgehead atoms. The highest BCUT2D eigenvalue weighted by molar-refractivity contribution is 7.89. The first-order valence-corrected chi connectivity index (χ1v) is 13.9. The number of halogens is 2. The van der Waals surface area contributed by atoms with Crippen molar-refractivity contribution >= 4 is 39.1 Å². The van der Waals surface area contributed by atoms with Gasteiger partial charge in [-0.1, -0.05) is 65.7 Å². The van der Waals surface area contributed by atoms with Gasteiger partial charge in [-0.2, -0.15) is 4.31 Å². The first-order valence-electron chi connectivity index (χ1n) is 11.8. The van der Waals surface area contributed by atoms with Crippen LogP contribution in [0.15, 0.2) is 77.7 Å². The molecule has 4 rings (SSSR count). The van der Waals surface area contributed by atoms with Gasteiger partial charge in [0.1, 0.15) is 17.3 Å². The van der Waals surface area contributed by atoms with Crippen LogP contribution in [0.2, 0.25) is 10.0 Å². The highest BCUT2D eigenvalue weighted by Crippen LogP contribution is 2.31. The molecule has 1 heterocycles. The third-order valence-electron chi connectivity index (χ3n) is 6.22. The van der Waals surface area contributed by atoms with Crippen LogP contribution in [-0.4, -0.2) is 56.3 Å². The van der Waals surface area contributed by atoms with Crippen molar-refractivity contribution in [3.05, 3.63) is 94.0 Å². The Morgan fingerprint density at radius 1 is 0.944 bits per heavy atom. The summed E-state index contributed by atoms with van der Waals surface area (Å²) in [4.78, 5) is 14.6. The molecule has 0 saturated heterocycles. The zero-order chi connectivity index (χ0) is 25.7. The van der Waals surface area contributed by atoms with Crippen LogP contribution in [0.25, 0.3) is 0 Å². The van der Waals surface area contributed by atoms with Crippen LogP contribution in [0.5, 0.6) is 5.75 Å². The number of sulfonamides is 1. The molecule has 190 valence electrons. The van der Waals surface area contributed by atoms with E-state index in [0.29, 0.717) is 37.1 Å². The number of amides is 1. The lowest BCUT2D eigenvalue weighted by atomic mass is 10.1. The van der Waals surface area contributed by atoms with E-state index in [-0.39, 0.29) is 34.0 Å². The Bertz CT molecular complexity index is 1320. The lowest BCUT2D eigenvalue weighted by Crippen LogP contribution is -2.46. The summed E-state index contributed by atoms with van der Waals surface area (Å²) < 4.78 is 35.6. The summed E-state index contributed by atoms with van der Waals surface area (Å²) in [6, 6.07) is 20.6. The molecule has 0 N–H and O–H groups in total. The number of nitrogens with zero attached hydrogens (tertiary/aromatic N) is 2. The lowest BCUT2D eigenvalue weighted by molar-refractivity contribution is 0.0781. The maximum absolute atomic E-state index is 14.0. The molecule has 0 spiro atoms. The number of hydrogen-bond acceptors (Lipinski definition) is 4. The number of para-hydroxylation sites is 1. The first-order chi connectivity index (χ1) is 17.3. The van der Waals surface area contributed by atoms with Gasteiger partial charge in [0.2, 0.25) is 10.0 Å². The van der Waals surface area contributed by atoms with Crippen LogP contribution in [0.3, 0.4) is 0 Å². The minimum Gasteiger partial charge on any atom is -0.491 e. The fraction of sp³-hybridized carbons (Fsp3) is 0.296. The van der Waals surface area contributed by atoms with Crippen molar-refractivity contribution in [3.63, 3.8) is 0 Å². The summed E-state index contributed by atoms with van der Waals surface area (Å²) >= 11 is 12.5. The standard InChI is InChI=1S/C27H28Cl2N2O4S/c1-30-15-7-8-16-31(36(33,34)26-18-21(28)13-14-24(26)29)22(17-20-9-3-2-4-10-20)19-35-25-12-6-5-11-23(25)27(30)32/h2-6,9-14,18,22H,7-8,15-17,19H2,1H3/t22-/m0/s1. The average Bonchev–Trinajstić information content (AvgIpc) is 2.87. The Kier molecular flexibility index (Phi) is 8.57. The predicted octanol–water partition coefficient (Wildman–Crippen LogP) is 5.54. The van der Waals surface area contributed by atoms with Crippen LogP contribution < -0.4 is 4.74 Å². The number of fused-ring (bicyclic) bond motifs is 1. The highest BCUT2D eigenvalue weighted by Gasteiger charge is 2.34. The second-order valence-corrected chi connectivity index (χ2v) is 11.5. The molecule has 1 atom stereocenters. The van der Waals surface area contributed by atoms with Gasteiger partial charge in [0, 0.05) is 25.2 Å². The van der Waals surface area contributed by atoms with Crippen molar-refractivity contribution in [2.45, 2.75) is 30.2 Å². The molecule has 0 aliphatic carbocycles. The maximum atomic E-state index is 14.0. The van der Waals surface area contributed by atoms with E-state index in [1.807, 2.05) is 30.3 Å². The van der Waals surface area contributed by atoms with Crippen molar-refractivity contribution in [1.82, 2.24) is 9.21 Å². The third-order valence-corrected chi connectivity index (χ3v) is 8.89. The smallest absolute Gasteiger partial charge is 0.257 e. The monoisotopic (exact) mass is 546 g/mol. The largest absolute Gasteiger partial charge is 0.491 e. The van der Waals surface area contributed by atoms with Crippen molar-refractivity contribution in [2.24, 2.45) is 0 Å². The molecule has 0 aromatic heterocycles. The van der Waals surface area contributed by atoms with E-state index >= 15 is 0 Å². The fourth-order valence-electron chi connectivity index (χ4n) is 4.31. The molecular weight excluding hydrogens is 519 g/mol. The van der Waals surface area contributed by atoms with Gasteiger partial charge in [-0.15, -0.1) is 0 Å². The zero-order valence-corrected chi connectivity index (χ0v) is 22.3. The third kappa shape index (κ3) is 6.03. The SMILES string of the molecule is CN1CCCCN(S(=O)(=O)c2cc(Cl)ccc2Cl)[C@@H](Cc2ccccc2)COc2ccccc2C1=O. The van der Waals surface area contributed by atoms with Gasteiger partial charge in [0.05, 0.1) is 16.6 Å². The summed E-state index contributed by atoms with van der Waals surface area (Å²) in [5, 5.41) is 0.401. The van der Waals surface area contributed by atoms with Gasteiger partial charge in [-0.05, 0) is 55.2 Å². The van der Waals surface area contributed by atoms with Crippen molar-refractivity contribution < 1.29 is 17.9 Å². The Morgan fingerprint density at radius 3 is 2.42 bits per heavy atom. The van der Waals surface area contributed by atoms with Gasteiger partial charge in [0.15, 0.2) is 0 Å². The number of carbonyl (C=O) groups is 1. The van der Waals surface area contributed by atoms with Crippen molar-refractivity contribution in [2.75, 3.05) is 26.7 Å². The Balaban J connectivity index is 1.78. The summed E-state index contributed by atoms with van der Waals surface area (Å²) in [5.41, 5.74) is 1.42. The summed E-state index contributed by atoms with van der Waals surface area (Å²) in [7, 11) is -2.28. The molecule has 1 aliphatic heterocycles. The highest BCUT2D eigenvalue weighted by atomic mass is 35.5. The molecule has 36 heavy (non-hydrogen) atoms. The zero-order valence-electron chi connectivity index (χ0n) is 19.9. The lowest BCUT2D eigenvalue weighted by Gasteiger charge is -2.32. The fourth-order valence-corrected chi connectivity index (χ4v) is 6.70. The van der Waals surface area contributed by atoms with E-state index in [2.05, 4.69) is 0 Å². The summed E-state index contributed by atoms with van der Waals surface area (Å²) in [5.74, 6) is 0.298. The quantitative estimate of drug-likeness (QED) is 0.430. The van der Waals surface area contributed by atoms with Gasteiger partial charge in [-0.3, -0.25) is 4.79 Å². The molecule has 0 radical (unpaired) electrons. The molecule has 3 aromatic carbocycles. The van der Waals surface area contributed by atoms with Gasteiger partial charge in [-0.25, -0.2) is 8.42 Å². The molecule has 1 aliphatic rings. The number of carbonyl (C=O) groups excluding carboxylic acids is 1.